The number of nitrogens with two attached hydrogens (primary N) is 1. The molecule has 0 heterocycles. The molecular weight excluding hydrogens is 248 g/mol. The van der Waals surface area contributed by atoms with Crippen LogP contribution in [0, 0.1) is 5.41 Å². The Labute approximate surface area is 121 Å². The Morgan fingerprint density at radius 2 is 2.05 bits per heavy atom. The summed E-state index contributed by atoms with van der Waals surface area (Å²) in [6.45, 7) is 4.47. The van der Waals surface area contributed by atoms with Gasteiger partial charge in [0, 0.05) is 6.04 Å². The van der Waals surface area contributed by atoms with E-state index in [4.69, 9.17) is 5.73 Å². The molecule has 0 radical (unpaired) electrons. The van der Waals surface area contributed by atoms with E-state index in [1.165, 1.54) is 19.3 Å². The van der Waals surface area contributed by atoms with Crippen LogP contribution in [0.25, 0.3) is 0 Å². The van der Waals surface area contributed by atoms with Crippen LogP contribution >= 0.6 is 0 Å². The zero-order valence-corrected chi connectivity index (χ0v) is 12.6. The van der Waals surface area contributed by atoms with Gasteiger partial charge in [-0.1, -0.05) is 57.0 Å². The van der Waals surface area contributed by atoms with Crippen LogP contribution in [-0.4, -0.2) is 18.0 Å². The fourth-order valence-electron chi connectivity index (χ4n) is 3.00. The van der Waals surface area contributed by atoms with E-state index in [1.807, 2.05) is 30.3 Å². The molecule has 0 saturated heterocycles. The minimum Gasteiger partial charge on any atom is -0.351 e. The molecule has 1 amide bonds. The molecule has 2 atom stereocenters. The molecule has 1 aromatic rings. The predicted octanol–water partition coefficient (Wildman–Crippen LogP) is 2.64. The third kappa shape index (κ3) is 3.83. The van der Waals surface area contributed by atoms with Crippen molar-refractivity contribution in [3.8, 4) is 0 Å². The predicted molar refractivity (Wildman–Crippen MR) is 82.3 cm³/mol. The van der Waals surface area contributed by atoms with Crippen LogP contribution < -0.4 is 11.1 Å². The zero-order chi connectivity index (χ0) is 14.6. The van der Waals surface area contributed by atoms with E-state index in [0.29, 0.717) is 6.42 Å². The highest BCUT2D eigenvalue weighted by Gasteiger charge is 2.33. The summed E-state index contributed by atoms with van der Waals surface area (Å²) in [4.78, 5) is 12.3. The van der Waals surface area contributed by atoms with E-state index in [1.54, 1.807) is 0 Å². The van der Waals surface area contributed by atoms with Crippen LogP contribution in [0.5, 0.6) is 0 Å². The first-order valence-corrected chi connectivity index (χ1v) is 7.59. The molecule has 1 fully saturated rings. The lowest BCUT2D eigenvalue weighted by atomic mass is 9.73. The molecule has 3 nitrogen and oxygen atoms in total. The summed E-state index contributed by atoms with van der Waals surface area (Å²) >= 11 is 0. The Bertz CT molecular complexity index is 442. The van der Waals surface area contributed by atoms with Gasteiger partial charge in [0.25, 0.3) is 0 Å². The van der Waals surface area contributed by atoms with E-state index in [0.717, 1.165) is 12.0 Å². The lowest BCUT2D eigenvalue weighted by Gasteiger charge is -2.39. The summed E-state index contributed by atoms with van der Waals surface area (Å²) in [5, 5.41) is 3.17. The van der Waals surface area contributed by atoms with Gasteiger partial charge in [-0.05, 0) is 30.2 Å². The van der Waals surface area contributed by atoms with Crippen molar-refractivity contribution in [2.75, 3.05) is 0 Å². The molecule has 110 valence electrons. The van der Waals surface area contributed by atoms with Crippen LogP contribution in [0.4, 0.5) is 0 Å². The highest BCUT2D eigenvalue weighted by atomic mass is 16.2. The first kappa shape index (κ1) is 15.0. The van der Waals surface area contributed by atoms with E-state index < -0.39 is 6.04 Å². The van der Waals surface area contributed by atoms with Crippen molar-refractivity contribution in [2.24, 2.45) is 11.1 Å². The highest BCUT2D eigenvalue weighted by molar-refractivity contribution is 5.82. The molecule has 3 N–H and O–H groups in total. The van der Waals surface area contributed by atoms with E-state index >= 15 is 0 Å². The first-order chi connectivity index (χ1) is 9.49. The van der Waals surface area contributed by atoms with E-state index in [-0.39, 0.29) is 17.4 Å². The normalized spacial score (nSPS) is 23.1. The Balaban J connectivity index is 1.90. The maximum absolute atomic E-state index is 12.3. The number of carbonyl (C=O) groups excluding carboxylic acids is 1. The SMILES string of the molecule is CC1(C)CCCCC1NC(=O)C(N)Cc1ccccc1. The average molecular weight is 274 g/mol. The van der Waals surface area contributed by atoms with Crippen molar-refractivity contribution in [2.45, 2.75) is 58.0 Å². The lowest BCUT2D eigenvalue weighted by molar-refractivity contribution is -0.124. The molecule has 1 aromatic carbocycles. The Kier molecular flexibility index (Phi) is 4.81. The minimum atomic E-state index is -0.463. The second kappa shape index (κ2) is 6.40. The van der Waals surface area contributed by atoms with Gasteiger partial charge in [0.1, 0.15) is 0 Å². The molecular formula is C17H26N2O. The topological polar surface area (TPSA) is 55.1 Å². The summed E-state index contributed by atoms with van der Waals surface area (Å²) in [7, 11) is 0. The van der Waals surface area contributed by atoms with Crippen molar-refractivity contribution in [3.05, 3.63) is 35.9 Å². The second-order valence-electron chi connectivity index (χ2n) is 6.59. The third-order valence-corrected chi connectivity index (χ3v) is 4.46. The Hall–Kier alpha value is -1.35. The number of hydrogen-bond donors (Lipinski definition) is 2. The van der Waals surface area contributed by atoms with Crippen molar-refractivity contribution in [3.63, 3.8) is 0 Å². The zero-order valence-electron chi connectivity index (χ0n) is 12.6. The van der Waals surface area contributed by atoms with Crippen LogP contribution in [-0.2, 0) is 11.2 Å². The molecule has 1 aliphatic carbocycles. The number of nitrogens with one attached hydrogen (secondary N) is 1. The van der Waals surface area contributed by atoms with Gasteiger partial charge in [-0.2, -0.15) is 0 Å². The minimum absolute atomic E-state index is 0.0196. The lowest BCUT2D eigenvalue weighted by Crippen LogP contribution is -2.52. The molecule has 1 aliphatic rings. The Morgan fingerprint density at radius 3 is 2.70 bits per heavy atom. The van der Waals surface area contributed by atoms with Crippen LogP contribution in [0.15, 0.2) is 30.3 Å². The number of benzene rings is 1. The first-order valence-electron chi connectivity index (χ1n) is 7.59. The van der Waals surface area contributed by atoms with Gasteiger partial charge in [0.2, 0.25) is 5.91 Å². The number of rotatable bonds is 4. The van der Waals surface area contributed by atoms with Gasteiger partial charge in [-0.3, -0.25) is 4.79 Å². The summed E-state index contributed by atoms with van der Waals surface area (Å²) < 4.78 is 0. The molecule has 3 heteroatoms. The average Bonchev–Trinajstić information content (AvgIpc) is 2.42. The van der Waals surface area contributed by atoms with Crippen molar-refractivity contribution in [1.82, 2.24) is 5.32 Å². The fraction of sp³-hybridized carbons (Fsp3) is 0.588. The van der Waals surface area contributed by atoms with Gasteiger partial charge >= 0.3 is 0 Å². The van der Waals surface area contributed by atoms with Crippen molar-refractivity contribution >= 4 is 5.91 Å². The molecule has 1 saturated carbocycles. The molecule has 2 unspecified atom stereocenters. The van der Waals surface area contributed by atoms with Gasteiger partial charge in [-0.25, -0.2) is 0 Å². The van der Waals surface area contributed by atoms with Crippen molar-refractivity contribution in [1.29, 1.82) is 0 Å². The Morgan fingerprint density at radius 1 is 1.35 bits per heavy atom. The second-order valence-corrected chi connectivity index (χ2v) is 6.59. The van der Waals surface area contributed by atoms with Gasteiger partial charge in [0.05, 0.1) is 6.04 Å². The van der Waals surface area contributed by atoms with Gasteiger partial charge in [0.15, 0.2) is 0 Å². The number of amides is 1. The van der Waals surface area contributed by atoms with E-state index in [9.17, 15) is 4.79 Å². The maximum atomic E-state index is 12.3. The van der Waals surface area contributed by atoms with Crippen LogP contribution in [0.2, 0.25) is 0 Å². The molecule has 20 heavy (non-hydrogen) atoms. The molecule has 2 rings (SSSR count). The molecule has 0 aromatic heterocycles. The summed E-state index contributed by atoms with van der Waals surface area (Å²) in [6.07, 6.45) is 5.29. The van der Waals surface area contributed by atoms with E-state index in [2.05, 4.69) is 19.2 Å². The largest absolute Gasteiger partial charge is 0.351 e. The smallest absolute Gasteiger partial charge is 0.237 e. The number of hydrogen-bond acceptors (Lipinski definition) is 2. The summed E-state index contributed by atoms with van der Waals surface area (Å²) in [5.41, 5.74) is 7.33. The summed E-state index contributed by atoms with van der Waals surface area (Å²) in [6, 6.07) is 9.74. The molecule has 0 spiro atoms. The monoisotopic (exact) mass is 274 g/mol. The van der Waals surface area contributed by atoms with Crippen LogP contribution in [0.3, 0.4) is 0 Å². The van der Waals surface area contributed by atoms with Crippen molar-refractivity contribution < 1.29 is 4.79 Å². The van der Waals surface area contributed by atoms with Gasteiger partial charge < -0.3 is 11.1 Å². The van der Waals surface area contributed by atoms with Crippen LogP contribution in [0.1, 0.15) is 45.1 Å². The number of carbonyl (C=O) groups is 1. The molecule has 0 aliphatic heterocycles. The fourth-order valence-corrected chi connectivity index (χ4v) is 3.00. The maximum Gasteiger partial charge on any atom is 0.237 e. The highest BCUT2D eigenvalue weighted by Crippen LogP contribution is 2.35. The quantitative estimate of drug-likeness (QED) is 0.887. The summed E-state index contributed by atoms with van der Waals surface area (Å²) in [5.74, 6) is -0.0196. The van der Waals surface area contributed by atoms with Gasteiger partial charge in [-0.15, -0.1) is 0 Å². The standard InChI is InChI=1S/C17H26N2O/c1-17(2)11-7-6-10-15(17)19-16(20)14(18)12-13-8-4-3-5-9-13/h3-5,8-9,14-15H,6-7,10-12,18H2,1-2H3,(H,19,20). The third-order valence-electron chi connectivity index (χ3n) is 4.46. The molecule has 0 bridgehead atoms.